The molecule has 19 heavy (non-hydrogen) atoms. The lowest BCUT2D eigenvalue weighted by Crippen LogP contribution is -2.13. The van der Waals surface area contributed by atoms with Gasteiger partial charge in [-0.25, -0.2) is 0 Å². The van der Waals surface area contributed by atoms with Gasteiger partial charge in [-0.1, -0.05) is 51.1 Å². The first-order valence-electron chi connectivity index (χ1n) is 6.45. The monoisotopic (exact) mass is 256 g/mol. The lowest BCUT2D eigenvalue weighted by atomic mass is 9.85. The number of hydrogen-bond donors (Lipinski definition) is 1. The number of rotatable bonds is 2. The molecule has 0 aliphatic carbocycles. The van der Waals surface area contributed by atoms with Crippen molar-refractivity contribution in [3.05, 3.63) is 53.6 Å². The van der Waals surface area contributed by atoms with Crippen LogP contribution in [0.15, 0.2) is 42.5 Å². The molecule has 2 heteroatoms. The second-order valence-electron chi connectivity index (χ2n) is 5.77. The minimum Gasteiger partial charge on any atom is -0.504 e. The molecule has 2 aromatic rings. The Morgan fingerprint density at radius 2 is 1.63 bits per heavy atom. The highest BCUT2D eigenvalue weighted by atomic mass is 16.5. The van der Waals surface area contributed by atoms with Crippen molar-refractivity contribution in [3.63, 3.8) is 0 Å². The van der Waals surface area contributed by atoms with Crippen molar-refractivity contribution < 1.29 is 9.84 Å². The minimum atomic E-state index is -0.00818. The molecule has 0 fully saturated rings. The molecule has 100 valence electrons. The van der Waals surface area contributed by atoms with Crippen LogP contribution in [0.5, 0.6) is 17.2 Å². The highest BCUT2D eigenvalue weighted by Crippen LogP contribution is 2.38. The minimum absolute atomic E-state index is 0.00818. The summed E-state index contributed by atoms with van der Waals surface area (Å²) in [5.74, 6) is 1.48. The molecule has 0 amide bonds. The number of phenols is 1. The van der Waals surface area contributed by atoms with E-state index in [1.807, 2.05) is 25.1 Å². The van der Waals surface area contributed by atoms with Gasteiger partial charge < -0.3 is 9.84 Å². The van der Waals surface area contributed by atoms with Crippen LogP contribution in [0.25, 0.3) is 0 Å². The Balaban J connectivity index is 2.48. The normalized spacial score (nSPS) is 11.4. The van der Waals surface area contributed by atoms with Crippen LogP contribution in [0.4, 0.5) is 0 Å². The molecule has 0 aromatic heterocycles. The summed E-state index contributed by atoms with van der Waals surface area (Å²) in [4.78, 5) is 0. The Bertz CT molecular complexity index is 580. The zero-order valence-electron chi connectivity index (χ0n) is 11.9. The summed E-state index contributed by atoms with van der Waals surface area (Å²) in [6.07, 6.45) is 0. The van der Waals surface area contributed by atoms with E-state index in [-0.39, 0.29) is 11.2 Å². The third-order valence-electron chi connectivity index (χ3n) is 3.10. The molecular formula is C17H20O2. The van der Waals surface area contributed by atoms with Crippen LogP contribution in [-0.2, 0) is 5.41 Å². The van der Waals surface area contributed by atoms with E-state index in [9.17, 15) is 5.11 Å². The summed E-state index contributed by atoms with van der Waals surface area (Å²) in [5, 5.41) is 9.83. The van der Waals surface area contributed by atoms with E-state index in [1.165, 1.54) is 0 Å². The predicted octanol–water partition coefficient (Wildman–Crippen LogP) is 4.79. The summed E-state index contributed by atoms with van der Waals surface area (Å²) in [5.41, 5.74) is 2.19. The van der Waals surface area contributed by atoms with Crippen molar-refractivity contribution in [1.82, 2.24) is 0 Å². The third kappa shape index (κ3) is 2.90. The summed E-state index contributed by atoms with van der Waals surface area (Å²) < 4.78 is 5.95. The number of hydrogen-bond acceptors (Lipinski definition) is 2. The van der Waals surface area contributed by atoms with Gasteiger partial charge in [-0.05, 0) is 30.0 Å². The molecule has 0 aliphatic rings. The molecule has 2 nitrogen and oxygen atoms in total. The Labute approximate surface area is 114 Å². The SMILES string of the molecule is Cc1cccc(C(C)(C)C)c1Oc1ccccc1O. The number of para-hydroxylation sites is 3. The van der Waals surface area contributed by atoms with Crippen molar-refractivity contribution >= 4 is 0 Å². The van der Waals surface area contributed by atoms with Crippen molar-refractivity contribution in [3.8, 4) is 17.2 Å². The van der Waals surface area contributed by atoms with Crippen molar-refractivity contribution in [2.75, 3.05) is 0 Å². The molecule has 0 atom stereocenters. The summed E-state index contributed by atoms with van der Waals surface area (Å²) in [6.45, 7) is 8.48. The maximum Gasteiger partial charge on any atom is 0.169 e. The average molecular weight is 256 g/mol. The topological polar surface area (TPSA) is 29.5 Å². The quantitative estimate of drug-likeness (QED) is 0.837. The fraction of sp³-hybridized carbons (Fsp3) is 0.294. The van der Waals surface area contributed by atoms with Crippen LogP contribution in [0, 0.1) is 6.92 Å². The van der Waals surface area contributed by atoms with Crippen LogP contribution in [0.2, 0.25) is 0 Å². The Hall–Kier alpha value is -1.96. The van der Waals surface area contributed by atoms with Crippen LogP contribution in [0.3, 0.4) is 0 Å². The van der Waals surface area contributed by atoms with Gasteiger partial charge in [0.25, 0.3) is 0 Å². The van der Waals surface area contributed by atoms with E-state index < -0.39 is 0 Å². The molecule has 0 bridgehead atoms. The summed E-state index contributed by atoms with van der Waals surface area (Å²) in [7, 11) is 0. The molecule has 0 saturated carbocycles. The highest BCUT2D eigenvalue weighted by Gasteiger charge is 2.21. The number of phenolic OH excluding ortho intramolecular Hbond substituents is 1. The molecule has 2 aromatic carbocycles. The van der Waals surface area contributed by atoms with Gasteiger partial charge in [0, 0.05) is 5.56 Å². The average Bonchev–Trinajstić information content (AvgIpc) is 2.33. The fourth-order valence-corrected chi connectivity index (χ4v) is 2.03. The van der Waals surface area contributed by atoms with Crippen molar-refractivity contribution in [2.24, 2.45) is 0 Å². The summed E-state index contributed by atoms with van der Waals surface area (Å²) >= 11 is 0. The molecule has 1 N–H and O–H groups in total. The van der Waals surface area contributed by atoms with Crippen LogP contribution >= 0.6 is 0 Å². The first-order valence-corrected chi connectivity index (χ1v) is 6.45. The number of aromatic hydroxyl groups is 1. The van der Waals surface area contributed by atoms with E-state index in [0.29, 0.717) is 5.75 Å². The van der Waals surface area contributed by atoms with E-state index >= 15 is 0 Å². The molecule has 0 heterocycles. The van der Waals surface area contributed by atoms with E-state index in [4.69, 9.17) is 4.74 Å². The first-order chi connectivity index (χ1) is 8.89. The Kier molecular flexibility index (Phi) is 3.52. The second-order valence-corrected chi connectivity index (χ2v) is 5.77. The van der Waals surface area contributed by atoms with Crippen molar-refractivity contribution in [1.29, 1.82) is 0 Å². The van der Waals surface area contributed by atoms with Gasteiger partial charge in [0.05, 0.1) is 0 Å². The first kappa shape index (κ1) is 13.5. The number of ether oxygens (including phenoxy) is 1. The van der Waals surface area contributed by atoms with Gasteiger partial charge in [-0.15, -0.1) is 0 Å². The predicted molar refractivity (Wildman–Crippen MR) is 78.1 cm³/mol. The number of benzene rings is 2. The van der Waals surface area contributed by atoms with E-state index in [2.05, 4.69) is 26.8 Å². The molecular weight excluding hydrogens is 236 g/mol. The fourth-order valence-electron chi connectivity index (χ4n) is 2.03. The van der Waals surface area contributed by atoms with E-state index in [1.54, 1.807) is 18.2 Å². The van der Waals surface area contributed by atoms with E-state index in [0.717, 1.165) is 16.9 Å². The Morgan fingerprint density at radius 3 is 2.26 bits per heavy atom. The Morgan fingerprint density at radius 1 is 0.947 bits per heavy atom. The zero-order valence-corrected chi connectivity index (χ0v) is 11.9. The van der Waals surface area contributed by atoms with Crippen LogP contribution < -0.4 is 4.74 Å². The lowest BCUT2D eigenvalue weighted by Gasteiger charge is -2.24. The molecule has 0 unspecified atom stereocenters. The highest BCUT2D eigenvalue weighted by molar-refractivity contribution is 5.49. The zero-order chi connectivity index (χ0) is 14.0. The standard InChI is InChI=1S/C17H20O2/c1-12-8-7-9-13(17(2,3)4)16(12)19-15-11-6-5-10-14(15)18/h5-11,18H,1-4H3. The van der Waals surface area contributed by atoms with Gasteiger partial charge in [0.15, 0.2) is 11.5 Å². The van der Waals surface area contributed by atoms with Gasteiger partial charge in [-0.3, -0.25) is 0 Å². The molecule has 0 spiro atoms. The van der Waals surface area contributed by atoms with Gasteiger partial charge >= 0.3 is 0 Å². The molecule has 2 rings (SSSR count). The molecule has 0 radical (unpaired) electrons. The van der Waals surface area contributed by atoms with Crippen molar-refractivity contribution in [2.45, 2.75) is 33.1 Å². The maximum atomic E-state index is 9.83. The molecule has 0 aliphatic heterocycles. The lowest BCUT2D eigenvalue weighted by molar-refractivity contribution is 0.400. The smallest absolute Gasteiger partial charge is 0.169 e. The number of aryl methyl sites for hydroxylation is 1. The summed E-state index contributed by atoms with van der Waals surface area (Å²) in [6, 6.07) is 13.2. The van der Waals surface area contributed by atoms with Crippen LogP contribution in [-0.4, -0.2) is 5.11 Å². The van der Waals surface area contributed by atoms with Gasteiger partial charge in [-0.2, -0.15) is 0 Å². The van der Waals surface area contributed by atoms with Crippen LogP contribution in [0.1, 0.15) is 31.9 Å². The largest absolute Gasteiger partial charge is 0.504 e. The second kappa shape index (κ2) is 4.96. The third-order valence-corrected chi connectivity index (χ3v) is 3.10. The van der Waals surface area contributed by atoms with Gasteiger partial charge in [0.2, 0.25) is 0 Å². The van der Waals surface area contributed by atoms with Gasteiger partial charge in [0.1, 0.15) is 5.75 Å². The maximum absolute atomic E-state index is 9.83. The molecule has 0 saturated heterocycles.